The molecular weight excluding hydrogens is 508 g/mol. The first-order valence-corrected chi connectivity index (χ1v) is 13.2. The fourth-order valence-electron chi connectivity index (χ4n) is 4.44. The minimum atomic E-state index is -0.865. The molecule has 3 aromatic carbocycles. The lowest BCUT2D eigenvalue weighted by Gasteiger charge is -2.23. The number of anilines is 1. The third kappa shape index (κ3) is 4.61. The summed E-state index contributed by atoms with van der Waals surface area (Å²) in [4.78, 5) is 33.0. The molecule has 1 saturated heterocycles. The summed E-state index contributed by atoms with van der Waals surface area (Å²) in [5.41, 5.74) is 3.60. The van der Waals surface area contributed by atoms with Crippen LogP contribution >= 0.6 is 22.9 Å². The normalized spacial score (nSPS) is 17.1. The molecule has 0 spiro atoms. The lowest BCUT2D eigenvalue weighted by molar-refractivity contribution is -0.132. The molecule has 4 aromatic rings. The molecule has 0 aliphatic carbocycles. The second-order valence-electron chi connectivity index (χ2n) is 9.01. The molecule has 0 radical (unpaired) electrons. The predicted molar refractivity (Wildman–Crippen MR) is 148 cm³/mol. The summed E-state index contributed by atoms with van der Waals surface area (Å²) < 4.78 is 6.51. The molecule has 1 N–H and O–H groups in total. The van der Waals surface area contributed by atoms with Gasteiger partial charge in [0.25, 0.3) is 5.78 Å². The Morgan fingerprint density at radius 2 is 1.84 bits per heavy atom. The maximum Gasteiger partial charge on any atom is 0.301 e. The van der Waals surface area contributed by atoms with Gasteiger partial charge in [0, 0.05) is 10.6 Å². The van der Waals surface area contributed by atoms with E-state index in [0.717, 1.165) is 22.2 Å². The van der Waals surface area contributed by atoms with Gasteiger partial charge in [0.1, 0.15) is 11.5 Å². The number of amides is 1. The summed E-state index contributed by atoms with van der Waals surface area (Å²) in [7, 11) is 0. The van der Waals surface area contributed by atoms with Crippen molar-refractivity contribution in [3.05, 3.63) is 93.5 Å². The van der Waals surface area contributed by atoms with E-state index in [4.69, 9.17) is 16.3 Å². The maximum absolute atomic E-state index is 13.5. The number of aromatic nitrogens is 1. The van der Waals surface area contributed by atoms with Gasteiger partial charge in [-0.2, -0.15) is 0 Å². The average molecular weight is 533 g/mol. The topological polar surface area (TPSA) is 79.7 Å². The Labute approximate surface area is 223 Å². The van der Waals surface area contributed by atoms with Crippen molar-refractivity contribution in [3.8, 4) is 5.75 Å². The number of nitrogens with zero attached hydrogens (tertiary/aromatic N) is 2. The maximum atomic E-state index is 13.5. The van der Waals surface area contributed by atoms with E-state index in [2.05, 4.69) is 4.98 Å². The average Bonchev–Trinajstić information content (AvgIpc) is 3.41. The number of aliphatic hydroxyl groups is 1. The highest BCUT2D eigenvalue weighted by atomic mass is 35.5. The summed E-state index contributed by atoms with van der Waals surface area (Å²) >= 11 is 7.44. The van der Waals surface area contributed by atoms with E-state index in [-0.39, 0.29) is 11.3 Å². The van der Waals surface area contributed by atoms with Crippen molar-refractivity contribution in [2.75, 3.05) is 11.5 Å². The van der Waals surface area contributed by atoms with Crippen molar-refractivity contribution < 1.29 is 19.4 Å². The molecule has 6 nitrogen and oxygen atoms in total. The molecule has 1 fully saturated rings. The van der Waals surface area contributed by atoms with Crippen LogP contribution in [0.15, 0.2) is 66.2 Å². The number of hydrogen-bond donors (Lipinski definition) is 1. The molecule has 1 amide bonds. The highest BCUT2D eigenvalue weighted by molar-refractivity contribution is 7.22. The third-order valence-corrected chi connectivity index (χ3v) is 7.56. The molecule has 1 aliphatic heterocycles. The first-order chi connectivity index (χ1) is 17.8. The number of ketones is 1. The van der Waals surface area contributed by atoms with Crippen LogP contribution in [0, 0.1) is 13.8 Å². The highest BCUT2D eigenvalue weighted by Gasteiger charge is 2.48. The zero-order chi connectivity index (χ0) is 26.3. The number of hydrogen-bond acceptors (Lipinski definition) is 6. The van der Waals surface area contributed by atoms with Gasteiger partial charge in [-0.25, -0.2) is 4.98 Å². The first kappa shape index (κ1) is 25.0. The van der Waals surface area contributed by atoms with Crippen LogP contribution in [0.3, 0.4) is 0 Å². The quantitative estimate of drug-likeness (QED) is 0.164. The van der Waals surface area contributed by atoms with E-state index >= 15 is 0 Å². The lowest BCUT2D eigenvalue weighted by Crippen LogP contribution is -2.29. The number of carbonyl (C=O) groups is 2. The number of carbonyl (C=O) groups excluding carboxylic acids is 2. The number of halogens is 1. The van der Waals surface area contributed by atoms with Crippen LogP contribution in [0.2, 0.25) is 5.02 Å². The monoisotopic (exact) mass is 532 g/mol. The largest absolute Gasteiger partial charge is 0.507 e. The standard InChI is InChI=1S/C29H25ClN2O4S/c1-4-13-36-20-10-7-18(8-11-20)25-24(26(33)21-14-16(2)5-6-17(21)3)27(34)28(35)32(25)29-31-22-12-9-19(30)15-23(22)37-29/h5-12,14-15,25,33H,4,13H2,1-3H3. The number of rotatable bonds is 6. The Balaban J connectivity index is 1.70. The van der Waals surface area contributed by atoms with E-state index in [1.165, 1.54) is 16.2 Å². The summed E-state index contributed by atoms with van der Waals surface area (Å²) in [6, 6.07) is 17.3. The van der Waals surface area contributed by atoms with Gasteiger partial charge < -0.3 is 9.84 Å². The molecule has 37 heavy (non-hydrogen) atoms. The van der Waals surface area contributed by atoms with Crippen LogP contribution in [0.5, 0.6) is 5.75 Å². The molecule has 1 aromatic heterocycles. The molecule has 5 rings (SSSR count). The fourth-order valence-corrected chi connectivity index (χ4v) is 5.71. The summed E-state index contributed by atoms with van der Waals surface area (Å²) in [6.45, 7) is 6.38. The number of aliphatic hydroxyl groups excluding tert-OH is 1. The van der Waals surface area contributed by atoms with Crippen LogP contribution in [0.1, 0.15) is 41.6 Å². The highest BCUT2D eigenvalue weighted by Crippen LogP contribution is 2.45. The summed E-state index contributed by atoms with van der Waals surface area (Å²) in [5.74, 6) is -1.02. The van der Waals surface area contributed by atoms with Gasteiger partial charge in [-0.15, -0.1) is 0 Å². The molecule has 1 aliphatic rings. The molecule has 2 heterocycles. The molecule has 1 unspecified atom stereocenters. The van der Waals surface area contributed by atoms with E-state index in [9.17, 15) is 14.7 Å². The number of thiazole rings is 1. The number of aryl methyl sites for hydroxylation is 2. The Bertz CT molecular complexity index is 1560. The molecule has 0 bridgehead atoms. The molecule has 188 valence electrons. The third-order valence-electron chi connectivity index (χ3n) is 6.31. The van der Waals surface area contributed by atoms with Gasteiger partial charge in [0.2, 0.25) is 0 Å². The van der Waals surface area contributed by atoms with Crippen molar-refractivity contribution in [2.24, 2.45) is 0 Å². The van der Waals surface area contributed by atoms with Gasteiger partial charge in [-0.05, 0) is 67.8 Å². The van der Waals surface area contributed by atoms with Crippen LogP contribution in [0.4, 0.5) is 5.13 Å². The van der Waals surface area contributed by atoms with Crippen molar-refractivity contribution in [2.45, 2.75) is 33.2 Å². The second-order valence-corrected chi connectivity index (χ2v) is 10.5. The Kier molecular flexibility index (Phi) is 6.75. The van der Waals surface area contributed by atoms with Gasteiger partial charge in [0.05, 0.1) is 28.4 Å². The molecular formula is C29H25ClN2O4S. The minimum absolute atomic E-state index is 0.0261. The van der Waals surface area contributed by atoms with E-state index in [1.54, 1.807) is 30.3 Å². The molecule has 0 saturated carbocycles. The van der Waals surface area contributed by atoms with Crippen LogP contribution < -0.4 is 9.64 Å². The summed E-state index contributed by atoms with van der Waals surface area (Å²) in [5, 5.41) is 12.4. The fraction of sp³-hybridized carbons (Fsp3) is 0.207. The Morgan fingerprint density at radius 1 is 1.08 bits per heavy atom. The number of fused-ring (bicyclic) bond motifs is 1. The van der Waals surface area contributed by atoms with E-state index in [0.29, 0.717) is 39.2 Å². The van der Waals surface area contributed by atoms with Gasteiger partial charge in [0.15, 0.2) is 5.13 Å². The van der Waals surface area contributed by atoms with Gasteiger partial charge in [-0.3, -0.25) is 14.5 Å². The van der Waals surface area contributed by atoms with Crippen LogP contribution in [-0.2, 0) is 9.59 Å². The van der Waals surface area contributed by atoms with Crippen LogP contribution in [-0.4, -0.2) is 28.4 Å². The van der Waals surface area contributed by atoms with Crippen LogP contribution in [0.25, 0.3) is 16.0 Å². The Hall–Kier alpha value is -3.68. The zero-order valence-electron chi connectivity index (χ0n) is 20.6. The van der Waals surface area contributed by atoms with Gasteiger partial charge >= 0.3 is 5.91 Å². The van der Waals surface area contributed by atoms with Crippen molar-refractivity contribution >= 4 is 55.7 Å². The minimum Gasteiger partial charge on any atom is -0.507 e. The lowest BCUT2D eigenvalue weighted by atomic mass is 9.93. The molecule has 8 heteroatoms. The number of Topliss-reactive ketones (excluding diaryl/α,β-unsaturated/α-hetero) is 1. The van der Waals surface area contributed by atoms with Crippen molar-refractivity contribution in [1.82, 2.24) is 4.98 Å². The first-order valence-electron chi connectivity index (χ1n) is 12.0. The predicted octanol–water partition coefficient (Wildman–Crippen LogP) is 6.98. The Morgan fingerprint density at radius 3 is 2.57 bits per heavy atom. The SMILES string of the molecule is CCCOc1ccc(C2C(=C(O)c3cc(C)ccc3C)C(=O)C(=O)N2c2nc3ccc(Cl)cc3s2)cc1. The van der Waals surface area contributed by atoms with Crippen molar-refractivity contribution in [1.29, 1.82) is 0 Å². The number of ether oxygens (including phenoxy) is 1. The number of benzene rings is 3. The van der Waals surface area contributed by atoms with E-state index < -0.39 is 17.7 Å². The zero-order valence-corrected chi connectivity index (χ0v) is 22.2. The smallest absolute Gasteiger partial charge is 0.301 e. The van der Waals surface area contributed by atoms with Crippen molar-refractivity contribution in [3.63, 3.8) is 0 Å². The summed E-state index contributed by atoms with van der Waals surface area (Å²) in [6.07, 6.45) is 0.874. The van der Waals surface area contributed by atoms with E-state index in [1.807, 2.05) is 51.1 Å². The second kappa shape index (κ2) is 10.00. The van der Waals surface area contributed by atoms with Gasteiger partial charge in [-0.1, -0.05) is 59.7 Å². The molecule has 1 atom stereocenters.